The van der Waals surface area contributed by atoms with Crippen LogP contribution in [-0.4, -0.2) is 38.3 Å². The number of carbonyl (C=O) groups excluding carboxylic acids is 1. The van der Waals surface area contributed by atoms with Gasteiger partial charge in [-0.2, -0.15) is 0 Å². The molecular formula is C15H30N2O2. The Kier molecular flexibility index (Phi) is 7.39. The van der Waals surface area contributed by atoms with Gasteiger partial charge in [-0.3, -0.25) is 4.79 Å². The summed E-state index contributed by atoms with van der Waals surface area (Å²) in [5, 5.41) is 6.29. The molecule has 0 aromatic heterocycles. The second-order valence-corrected chi connectivity index (χ2v) is 6.22. The van der Waals surface area contributed by atoms with Crippen molar-refractivity contribution in [3.8, 4) is 0 Å². The van der Waals surface area contributed by atoms with Crippen LogP contribution in [0.5, 0.6) is 0 Å². The first-order valence-electron chi connectivity index (χ1n) is 7.59. The number of ether oxygens (including phenoxy) is 1. The van der Waals surface area contributed by atoms with Gasteiger partial charge in [0.2, 0.25) is 5.91 Å². The first kappa shape index (κ1) is 16.4. The molecule has 4 nitrogen and oxygen atoms in total. The minimum absolute atomic E-state index is 0.0184. The Morgan fingerprint density at radius 1 is 1.21 bits per heavy atom. The number of rotatable bonds is 7. The van der Waals surface area contributed by atoms with E-state index >= 15 is 0 Å². The molecule has 0 aromatic rings. The van der Waals surface area contributed by atoms with Gasteiger partial charge in [0.15, 0.2) is 0 Å². The standard InChI is InChI=1S/C15H30N2O2/c1-11(2)14(12(3)4)9-17-15(18)10-19-13-5-7-16-8-6-13/h11-14,16H,5-10H2,1-4H3,(H,17,18). The summed E-state index contributed by atoms with van der Waals surface area (Å²) in [6.07, 6.45) is 2.26. The maximum Gasteiger partial charge on any atom is 0.246 e. The quantitative estimate of drug-likeness (QED) is 0.741. The summed E-state index contributed by atoms with van der Waals surface area (Å²) >= 11 is 0. The van der Waals surface area contributed by atoms with E-state index in [0.29, 0.717) is 17.8 Å². The normalized spacial score (nSPS) is 17.4. The van der Waals surface area contributed by atoms with Gasteiger partial charge in [-0.1, -0.05) is 27.7 Å². The van der Waals surface area contributed by atoms with Gasteiger partial charge >= 0.3 is 0 Å². The van der Waals surface area contributed by atoms with Crippen molar-refractivity contribution in [1.82, 2.24) is 10.6 Å². The Morgan fingerprint density at radius 3 is 2.32 bits per heavy atom. The molecule has 112 valence electrons. The lowest BCUT2D eigenvalue weighted by Crippen LogP contribution is -2.38. The lowest BCUT2D eigenvalue weighted by Gasteiger charge is -2.26. The fraction of sp³-hybridized carbons (Fsp3) is 0.933. The number of piperidine rings is 1. The van der Waals surface area contributed by atoms with Crippen LogP contribution in [0.1, 0.15) is 40.5 Å². The average molecular weight is 270 g/mol. The van der Waals surface area contributed by atoms with Crippen LogP contribution in [0.3, 0.4) is 0 Å². The number of hydrogen-bond acceptors (Lipinski definition) is 3. The molecule has 1 saturated heterocycles. The second-order valence-electron chi connectivity index (χ2n) is 6.22. The fourth-order valence-electron chi connectivity index (χ4n) is 2.68. The van der Waals surface area contributed by atoms with Gasteiger partial charge in [0.05, 0.1) is 6.10 Å². The molecule has 1 rings (SSSR count). The van der Waals surface area contributed by atoms with Crippen LogP contribution in [-0.2, 0) is 9.53 Å². The molecule has 1 aliphatic rings. The maximum atomic E-state index is 11.8. The molecule has 1 fully saturated rings. The fourth-order valence-corrected chi connectivity index (χ4v) is 2.68. The number of amides is 1. The third-order valence-corrected chi connectivity index (χ3v) is 3.98. The molecule has 0 bridgehead atoms. The summed E-state index contributed by atoms with van der Waals surface area (Å²) in [6.45, 7) is 11.8. The van der Waals surface area contributed by atoms with Gasteiger partial charge in [-0.25, -0.2) is 0 Å². The van der Waals surface area contributed by atoms with Crippen molar-refractivity contribution in [1.29, 1.82) is 0 Å². The molecule has 1 heterocycles. The molecule has 0 aromatic carbocycles. The Hall–Kier alpha value is -0.610. The first-order valence-corrected chi connectivity index (χ1v) is 7.59. The van der Waals surface area contributed by atoms with Crippen molar-refractivity contribution in [2.45, 2.75) is 46.6 Å². The average Bonchev–Trinajstić information content (AvgIpc) is 2.37. The Labute approximate surface area is 117 Å². The van der Waals surface area contributed by atoms with Gasteiger partial charge in [0, 0.05) is 6.54 Å². The SMILES string of the molecule is CC(C)C(CNC(=O)COC1CCNCC1)C(C)C. The zero-order chi connectivity index (χ0) is 14.3. The molecule has 19 heavy (non-hydrogen) atoms. The highest BCUT2D eigenvalue weighted by molar-refractivity contribution is 5.77. The van der Waals surface area contributed by atoms with E-state index in [9.17, 15) is 4.79 Å². The van der Waals surface area contributed by atoms with Crippen LogP contribution in [0.2, 0.25) is 0 Å². The van der Waals surface area contributed by atoms with Crippen LogP contribution < -0.4 is 10.6 Å². The third kappa shape index (κ3) is 6.39. The summed E-state index contributed by atoms with van der Waals surface area (Å²) in [5.74, 6) is 1.73. The van der Waals surface area contributed by atoms with Gasteiger partial charge < -0.3 is 15.4 Å². The van der Waals surface area contributed by atoms with Gasteiger partial charge in [0.1, 0.15) is 6.61 Å². The molecule has 0 radical (unpaired) electrons. The summed E-state index contributed by atoms with van der Waals surface area (Å²) in [4.78, 5) is 11.8. The molecule has 2 N–H and O–H groups in total. The lowest BCUT2D eigenvalue weighted by molar-refractivity contribution is -0.128. The first-order chi connectivity index (χ1) is 9.00. The summed E-state index contributed by atoms with van der Waals surface area (Å²) in [7, 11) is 0. The van der Waals surface area contributed by atoms with Crippen molar-refractivity contribution >= 4 is 5.91 Å². The monoisotopic (exact) mass is 270 g/mol. The Morgan fingerprint density at radius 2 is 1.79 bits per heavy atom. The Bertz CT molecular complexity index is 253. The van der Waals surface area contributed by atoms with Crippen molar-refractivity contribution in [2.24, 2.45) is 17.8 Å². The van der Waals surface area contributed by atoms with Crippen molar-refractivity contribution in [2.75, 3.05) is 26.2 Å². The van der Waals surface area contributed by atoms with E-state index in [1.54, 1.807) is 0 Å². The van der Waals surface area contributed by atoms with Crippen LogP contribution >= 0.6 is 0 Å². The minimum Gasteiger partial charge on any atom is -0.368 e. The summed E-state index contributed by atoms with van der Waals surface area (Å²) < 4.78 is 5.65. The van der Waals surface area contributed by atoms with E-state index in [1.165, 1.54) is 0 Å². The Balaban J connectivity index is 2.19. The second kappa shape index (κ2) is 8.54. The molecule has 0 unspecified atom stereocenters. The molecule has 0 aliphatic carbocycles. The van der Waals surface area contributed by atoms with Crippen molar-refractivity contribution < 1.29 is 9.53 Å². The summed E-state index contributed by atoms with van der Waals surface area (Å²) in [6, 6.07) is 0. The zero-order valence-electron chi connectivity index (χ0n) is 12.9. The molecule has 4 heteroatoms. The smallest absolute Gasteiger partial charge is 0.246 e. The third-order valence-electron chi connectivity index (χ3n) is 3.98. The topological polar surface area (TPSA) is 50.4 Å². The van der Waals surface area contributed by atoms with E-state index in [2.05, 4.69) is 38.3 Å². The predicted octanol–water partition coefficient (Wildman–Crippen LogP) is 1.80. The van der Waals surface area contributed by atoms with E-state index in [-0.39, 0.29) is 18.6 Å². The van der Waals surface area contributed by atoms with E-state index < -0.39 is 0 Å². The highest BCUT2D eigenvalue weighted by Gasteiger charge is 2.19. The molecule has 0 spiro atoms. The minimum atomic E-state index is 0.0184. The van der Waals surface area contributed by atoms with Crippen LogP contribution in [0.25, 0.3) is 0 Å². The highest BCUT2D eigenvalue weighted by atomic mass is 16.5. The predicted molar refractivity (Wildman–Crippen MR) is 78.0 cm³/mol. The largest absolute Gasteiger partial charge is 0.368 e. The van der Waals surface area contributed by atoms with Gasteiger partial charge in [0.25, 0.3) is 0 Å². The molecule has 1 amide bonds. The number of carbonyl (C=O) groups is 1. The maximum absolute atomic E-state index is 11.8. The molecule has 0 saturated carbocycles. The van der Waals surface area contributed by atoms with Crippen LogP contribution in [0.4, 0.5) is 0 Å². The number of hydrogen-bond donors (Lipinski definition) is 2. The lowest BCUT2D eigenvalue weighted by atomic mass is 9.85. The van der Waals surface area contributed by atoms with E-state index in [1.807, 2.05) is 0 Å². The molecule has 0 atom stereocenters. The van der Waals surface area contributed by atoms with Crippen LogP contribution in [0.15, 0.2) is 0 Å². The van der Waals surface area contributed by atoms with Crippen LogP contribution in [0, 0.1) is 17.8 Å². The van der Waals surface area contributed by atoms with Crippen molar-refractivity contribution in [3.63, 3.8) is 0 Å². The summed E-state index contributed by atoms with van der Waals surface area (Å²) in [5.41, 5.74) is 0. The number of nitrogens with one attached hydrogen (secondary N) is 2. The van der Waals surface area contributed by atoms with Crippen molar-refractivity contribution in [3.05, 3.63) is 0 Å². The van der Waals surface area contributed by atoms with E-state index in [0.717, 1.165) is 32.5 Å². The van der Waals surface area contributed by atoms with E-state index in [4.69, 9.17) is 4.74 Å². The zero-order valence-corrected chi connectivity index (χ0v) is 12.9. The van der Waals surface area contributed by atoms with Gasteiger partial charge in [-0.05, 0) is 43.7 Å². The molecule has 1 aliphatic heterocycles. The van der Waals surface area contributed by atoms with Gasteiger partial charge in [-0.15, -0.1) is 0 Å². The highest BCUT2D eigenvalue weighted by Crippen LogP contribution is 2.19. The molecular weight excluding hydrogens is 240 g/mol.